The van der Waals surface area contributed by atoms with Crippen molar-refractivity contribution in [2.75, 3.05) is 37.7 Å². The van der Waals surface area contributed by atoms with Gasteiger partial charge in [0.2, 0.25) is 19.7 Å². The number of likely N-dealkylation sites (tertiary alicyclic amines) is 1. The van der Waals surface area contributed by atoms with Gasteiger partial charge in [-0.15, -0.1) is 0 Å². The van der Waals surface area contributed by atoms with E-state index in [9.17, 15) is 60.7 Å². The fraction of sp³-hybridized carbons (Fsp3) is 1.00. The van der Waals surface area contributed by atoms with Gasteiger partial charge in [0.05, 0.1) is 31.9 Å². The molecule has 1 heterocycles. The summed E-state index contributed by atoms with van der Waals surface area (Å²) in [4.78, 5) is 0. The normalized spacial score (nSPS) is 19.0. The van der Waals surface area contributed by atoms with Gasteiger partial charge in [-0.3, -0.25) is 0 Å². The van der Waals surface area contributed by atoms with Crippen LogP contribution in [0.15, 0.2) is 0 Å². The molecule has 1 rings (SSSR count). The SMILES string of the molecule is O=S(=O)(CCCC[N+]1(CCS(=O)(=O)C(F)(F)C(F)(F)F)CCCC1)C(F)(F)C(F)(F)F. The van der Waals surface area contributed by atoms with Crippen LogP contribution >= 0.6 is 0 Å². The van der Waals surface area contributed by atoms with Crippen LogP contribution in [0.25, 0.3) is 0 Å². The van der Waals surface area contributed by atoms with Gasteiger partial charge >= 0.3 is 22.9 Å². The summed E-state index contributed by atoms with van der Waals surface area (Å²) in [5.41, 5.74) is 0. The molecule has 1 fully saturated rings. The average Bonchev–Trinajstić information content (AvgIpc) is 3.04. The van der Waals surface area contributed by atoms with Crippen molar-refractivity contribution in [3.8, 4) is 0 Å². The first-order valence-corrected chi connectivity index (χ1v) is 12.1. The third-order valence-electron chi connectivity index (χ3n) is 5.09. The maximum absolute atomic E-state index is 13.2. The molecular weight excluding hydrogens is 500 g/mol. The second-order valence-corrected chi connectivity index (χ2v) is 11.6. The number of nitrogens with zero attached hydrogens (tertiary/aromatic N) is 1. The molecule has 0 spiro atoms. The highest BCUT2D eigenvalue weighted by molar-refractivity contribution is 7.92. The molecule has 0 radical (unpaired) electrons. The van der Waals surface area contributed by atoms with E-state index in [1.165, 1.54) is 0 Å². The lowest BCUT2D eigenvalue weighted by Crippen LogP contribution is -2.52. The molecule has 0 unspecified atom stereocenters. The Bertz CT molecular complexity index is 828. The van der Waals surface area contributed by atoms with Crippen LogP contribution in [0.1, 0.15) is 25.7 Å². The summed E-state index contributed by atoms with van der Waals surface area (Å²) in [6, 6.07) is 0. The summed E-state index contributed by atoms with van der Waals surface area (Å²) < 4.78 is 171. The summed E-state index contributed by atoms with van der Waals surface area (Å²) in [6.07, 6.45) is -12.7. The minimum Gasteiger partial charge on any atom is -0.323 e. The molecule has 0 aromatic carbocycles. The number of alkyl halides is 10. The largest absolute Gasteiger partial charge is 0.469 e. The van der Waals surface area contributed by atoms with Crippen LogP contribution in [0, 0.1) is 0 Å². The lowest BCUT2D eigenvalue weighted by molar-refractivity contribution is -0.914. The number of quaternary nitrogens is 1. The summed E-state index contributed by atoms with van der Waals surface area (Å²) >= 11 is 0. The molecule has 1 aliphatic rings. The van der Waals surface area contributed by atoms with Crippen LogP contribution in [0.3, 0.4) is 0 Å². The zero-order valence-electron chi connectivity index (χ0n) is 15.7. The van der Waals surface area contributed by atoms with Crippen LogP contribution in [-0.4, -0.2) is 81.9 Å². The van der Waals surface area contributed by atoms with E-state index in [1.54, 1.807) is 0 Å². The van der Waals surface area contributed by atoms with Crippen molar-refractivity contribution in [1.29, 1.82) is 0 Å². The zero-order valence-corrected chi connectivity index (χ0v) is 17.4. The van der Waals surface area contributed by atoms with Crippen molar-refractivity contribution < 1.29 is 65.2 Å². The van der Waals surface area contributed by atoms with E-state index < -0.39 is 67.0 Å². The van der Waals surface area contributed by atoms with Crippen LogP contribution in [0.5, 0.6) is 0 Å². The molecule has 0 aromatic heterocycles. The first-order chi connectivity index (χ1) is 13.6. The highest BCUT2D eigenvalue weighted by atomic mass is 32.2. The Morgan fingerprint density at radius 1 is 0.581 bits per heavy atom. The Hall–Kier alpha value is -0.840. The molecule has 0 aromatic rings. The Morgan fingerprint density at radius 3 is 1.35 bits per heavy atom. The van der Waals surface area contributed by atoms with E-state index in [4.69, 9.17) is 0 Å². The Morgan fingerprint density at radius 2 is 0.968 bits per heavy atom. The van der Waals surface area contributed by atoms with Crippen LogP contribution in [0.2, 0.25) is 0 Å². The van der Waals surface area contributed by atoms with Crippen LogP contribution in [0.4, 0.5) is 43.9 Å². The summed E-state index contributed by atoms with van der Waals surface area (Å²) in [7, 11) is -11.8. The van der Waals surface area contributed by atoms with Crippen molar-refractivity contribution in [2.45, 2.75) is 48.5 Å². The molecule has 186 valence electrons. The van der Waals surface area contributed by atoms with Gasteiger partial charge in [0.1, 0.15) is 5.75 Å². The lowest BCUT2D eigenvalue weighted by Gasteiger charge is -2.35. The maximum atomic E-state index is 13.2. The van der Waals surface area contributed by atoms with Crippen LogP contribution < -0.4 is 0 Å². The Balaban J connectivity index is 2.78. The van der Waals surface area contributed by atoms with Crippen molar-refractivity contribution >= 4 is 19.7 Å². The van der Waals surface area contributed by atoms with E-state index in [0.29, 0.717) is 12.8 Å². The molecule has 0 saturated carbocycles. The number of sulfone groups is 2. The van der Waals surface area contributed by atoms with E-state index in [2.05, 4.69) is 0 Å². The number of hydrogen-bond acceptors (Lipinski definition) is 4. The van der Waals surface area contributed by atoms with Gasteiger partial charge in [-0.1, -0.05) is 0 Å². The van der Waals surface area contributed by atoms with Gasteiger partial charge in [0.15, 0.2) is 0 Å². The van der Waals surface area contributed by atoms with Crippen molar-refractivity contribution in [2.24, 2.45) is 0 Å². The highest BCUT2D eigenvalue weighted by Crippen LogP contribution is 2.41. The molecule has 5 nitrogen and oxygen atoms in total. The number of rotatable bonds is 10. The lowest BCUT2D eigenvalue weighted by atomic mass is 10.2. The molecule has 17 heteroatoms. The Kier molecular flexibility index (Phi) is 8.03. The second kappa shape index (κ2) is 8.83. The standard InChI is InChI=1S/C14H20F10NO4S2/c15-11(16,17)13(21,22)30(26,27)9-4-3-7-25(5-1-2-6-25)8-10-31(28,29)14(23,24)12(18,19)20/h1-10H2/q+1. The predicted octanol–water partition coefficient (Wildman–Crippen LogP) is 3.52. The zero-order chi connectivity index (χ0) is 24.6. The molecule has 1 saturated heterocycles. The molecule has 0 bridgehead atoms. The third kappa shape index (κ3) is 5.94. The van der Waals surface area contributed by atoms with Gasteiger partial charge in [-0.25, -0.2) is 16.8 Å². The van der Waals surface area contributed by atoms with E-state index in [-0.39, 0.29) is 30.5 Å². The molecule has 31 heavy (non-hydrogen) atoms. The summed E-state index contributed by atoms with van der Waals surface area (Å²) in [5, 5.41) is -11.9. The van der Waals surface area contributed by atoms with Gasteiger partial charge in [0, 0.05) is 12.8 Å². The summed E-state index contributed by atoms with van der Waals surface area (Å²) in [5.74, 6) is -3.08. The van der Waals surface area contributed by atoms with E-state index >= 15 is 0 Å². The average molecular weight is 520 g/mol. The minimum atomic E-state index is -6.32. The van der Waals surface area contributed by atoms with Gasteiger partial charge in [0.25, 0.3) is 0 Å². The molecule has 0 atom stereocenters. The third-order valence-corrected chi connectivity index (χ3v) is 8.66. The highest BCUT2D eigenvalue weighted by Gasteiger charge is 2.67. The molecule has 1 aliphatic heterocycles. The van der Waals surface area contributed by atoms with E-state index in [1.807, 2.05) is 0 Å². The van der Waals surface area contributed by atoms with Gasteiger partial charge in [-0.2, -0.15) is 43.9 Å². The number of halogens is 10. The van der Waals surface area contributed by atoms with Crippen molar-refractivity contribution in [1.82, 2.24) is 0 Å². The Labute approximate surface area is 171 Å². The topological polar surface area (TPSA) is 68.3 Å². The fourth-order valence-electron chi connectivity index (χ4n) is 3.23. The first-order valence-electron chi connectivity index (χ1n) is 8.81. The molecule has 0 amide bonds. The number of unbranched alkanes of at least 4 members (excludes halogenated alkanes) is 1. The molecule has 0 N–H and O–H groups in total. The number of hydrogen-bond donors (Lipinski definition) is 0. The summed E-state index contributed by atoms with van der Waals surface area (Å²) in [6.45, 7) is -0.545. The van der Waals surface area contributed by atoms with E-state index in [0.717, 1.165) is 0 Å². The maximum Gasteiger partial charge on any atom is 0.469 e. The second-order valence-electron chi connectivity index (χ2n) is 7.32. The van der Waals surface area contributed by atoms with Crippen LogP contribution in [-0.2, 0) is 19.7 Å². The first kappa shape index (κ1) is 28.2. The minimum absolute atomic E-state index is 0.151. The monoisotopic (exact) mass is 520 g/mol. The fourth-order valence-corrected chi connectivity index (χ4v) is 5.66. The van der Waals surface area contributed by atoms with Gasteiger partial charge < -0.3 is 4.48 Å². The smallest absolute Gasteiger partial charge is 0.323 e. The molecular formula is C14H20F10NO4S2+. The van der Waals surface area contributed by atoms with Gasteiger partial charge in [-0.05, 0) is 12.8 Å². The predicted molar refractivity (Wildman–Crippen MR) is 87.8 cm³/mol. The molecule has 0 aliphatic carbocycles. The van der Waals surface area contributed by atoms with Crippen molar-refractivity contribution in [3.63, 3.8) is 0 Å². The van der Waals surface area contributed by atoms with Crippen molar-refractivity contribution in [3.05, 3.63) is 0 Å². The quantitative estimate of drug-likeness (QED) is 0.251.